The highest BCUT2D eigenvalue weighted by molar-refractivity contribution is 5.84. The normalized spacial score (nSPS) is 29.6. The van der Waals surface area contributed by atoms with Gasteiger partial charge in [-0.05, 0) is 37.5 Å². The van der Waals surface area contributed by atoms with E-state index in [1.165, 1.54) is 38.5 Å². The van der Waals surface area contributed by atoms with Gasteiger partial charge in [-0.1, -0.05) is 19.3 Å². The zero-order valence-electron chi connectivity index (χ0n) is 7.16. The number of nitrogens with one attached hydrogen (secondary N) is 1. The van der Waals surface area contributed by atoms with E-state index in [9.17, 15) is 0 Å². The van der Waals surface area contributed by atoms with Crippen LogP contribution in [0.2, 0.25) is 0 Å². The lowest BCUT2D eigenvalue weighted by atomic mass is 9.73. The Bertz CT molecular complexity index is 166. The maximum Gasteiger partial charge on any atom is 0.00949 e. The standard InChI is InChI=1S/C10H17N/c11-9-4-7-10(8-9)5-2-1-3-6-10/h11H,1-8H2. The van der Waals surface area contributed by atoms with E-state index in [4.69, 9.17) is 5.41 Å². The van der Waals surface area contributed by atoms with E-state index in [0.717, 1.165) is 18.6 Å². The first kappa shape index (κ1) is 7.33. The molecule has 2 aliphatic rings. The second-order valence-corrected chi connectivity index (χ2v) is 4.34. The molecule has 0 aromatic carbocycles. The summed E-state index contributed by atoms with van der Waals surface area (Å²) in [7, 11) is 0. The van der Waals surface area contributed by atoms with Crippen molar-refractivity contribution in [2.24, 2.45) is 5.41 Å². The average molecular weight is 151 g/mol. The van der Waals surface area contributed by atoms with Gasteiger partial charge in [0.15, 0.2) is 0 Å². The van der Waals surface area contributed by atoms with E-state index in [1.807, 2.05) is 0 Å². The van der Waals surface area contributed by atoms with Crippen LogP contribution in [0.25, 0.3) is 0 Å². The minimum Gasteiger partial charge on any atom is -0.310 e. The number of hydrogen-bond donors (Lipinski definition) is 1. The summed E-state index contributed by atoms with van der Waals surface area (Å²) < 4.78 is 0. The van der Waals surface area contributed by atoms with E-state index < -0.39 is 0 Å². The summed E-state index contributed by atoms with van der Waals surface area (Å²) in [4.78, 5) is 0. The molecule has 2 aliphatic carbocycles. The summed E-state index contributed by atoms with van der Waals surface area (Å²) >= 11 is 0. The zero-order chi connectivity index (χ0) is 7.73. The fraction of sp³-hybridized carbons (Fsp3) is 0.900. The van der Waals surface area contributed by atoms with Gasteiger partial charge in [0.1, 0.15) is 0 Å². The fourth-order valence-corrected chi connectivity index (χ4v) is 2.77. The van der Waals surface area contributed by atoms with Crippen LogP contribution in [0.4, 0.5) is 0 Å². The van der Waals surface area contributed by atoms with Crippen molar-refractivity contribution in [3.8, 4) is 0 Å². The molecule has 0 aliphatic heterocycles. The summed E-state index contributed by atoms with van der Waals surface area (Å²) in [6.07, 6.45) is 10.7. The Kier molecular flexibility index (Phi) is 1.74. The van der Waals surface area contributed by atoms with E-state index in [0.29, 0.717) is 5.41 Å². The first-order valence-electron chi connectivity index (χ1n) is 4.87. The lowest BCUT2D eigenvalue weighted by Crippen LogP contribution is -2.20. The van der Waals surface area contributed by atoms with Crippen LogP contribution < -0.4 is 0 Å². The number of hydrogen-bond acceptors (Lipinski definition) is 1. The molecule has 0 aromatic rings. The fourth-order valence-electron chi connectivity index (χ4n) is 2.77. The summed E-state index contributed by atoms with van der Waals surface area (Å²) in [6.45, 7) is 0. The highest BCUT2D eigenvalue weighted by atomic mass is 14.5. The predicted octanol–water partition coefficient (Wildman–Crippen LogP) is 3.14. The van der Waals surface area contributed by atoms with Gasteiger partial charge in [-0.15, -0.1) is 0 Å². The lowest BCUT2D eigenvalue weighted by molar-refractivity contribution is 0.204. The van der Waals surface area contributed by atoms with Crippen LogP contribution in [0.3, 0.4) is 0 Å². The Balaban J connectivity index is 2.03. The molecule has 1 nitrogen and oxygen atoms in total. The van der Waals surface area contributed by atoms with Crippen LogP contribution in [0.1, 0.15) is 51.4 Å². The van der Waals surface area contributed by atoms with Crippen molar-refractivity contribution in [2.45, 2.75) is 51.4 Å². The second-order valence-electron chi connectivity index (χ2n) is 4.34. The van der Waals surface area contributed by atoms with Gasteiger partial charge in [0, 0.05) is 5.71 Å². The van der Waals surface area contributed by atoms with Crippen LogP contribution in [0.5, 0.6) is 0 Å². The van der Waals surface area contributed by atoms with E-state index in [1.54, 1.807) is 0 Å². The third kappa shape index (κ3) is 1.33. The van der Waals surface area contributed by atoms with Crippen molar-refractivity contribution in [1.29, 1.82) is 5.41 Å². The van der Waals surface area contributed by atoms with Crippen LogP contribution in [0, 0.1) is 10.8 Å². The van der Waals surface area contributed by atoms with Gasteiger partial charge in [-0.2, -0.15) is 0 Å². The molecule has 1 heteroatoms. The molecule has 0 unspecified atom stereocenters. The van der Waals surface area contributed by atoms with Crippen molar-refractivity contribution in [2.75, 3.05) is 0 Å². The lowest BCUT2D eigenvalue weighted by Gasteiger charge is -2.32. The van der Waals surface area contributed by atoms with Crippen LogP contribution >= 0.6 is 0 Å². The Morgan fingerprint density at radius 3 is 2.27 bits per heavy atom. The molecule has 2 fully saturated rings. The topological polar surface area (TPSA) is 23.9 Å². The Morgan fingerprint density at radius 1 is 1.00 bits per heavy atom. The molecule has 11 heavy (non-hydrogen) atoms. The summed E-state index contributed by atoms with van der Waals surface area (Å²) in [5.74, 6) is 0. The summed E-state index contributed by atoms with van der Waals surface area (Å²) in [5, 5.41) is 7.61. The molecular weight excluding hydrogens is 134 g/mol. The maximum atomic E-state index is 7.61. The molecule has 0 atom stereocenters. The van der Waals surface area contributed by atoms with Crippen LogP contribution in [-0.2, 0) is 0 Å². The Hall–Kier alpha value is -0.330. The maximum absolute atomic E-state index is 7.61. The van der Waals surface area contributed by atoms with Gasteiger partial charge in [0.05, 0.1) is 0 Å². The minimum atomic E-state index is 0.620. The van der Waals surface area contributed by atoms with Gasteiger partial charge < -0.3 is 5.41 Å². The molecule has 1 N–H and O–H groups in total. The molecule has 1 spiro atoms. The first-order chi connectivity index (χ1) is 5.31. The quantitative estimate of drug-likeness (QED) is 0.550. The van der Waals surface area contributed by atoms with E-state index in [-0.39, 0.29) is 0 Å². The van der Waals surface area contributed by atoms with Crippen molar-refractivity contribution in [3.63, 3.8) is 0 Å². The van der Waals surface area contributed by atoms with Crippen molar-refractivity contribution in [1.82, 2.24) is 0 Å². The van der Waals surface area contributed by atoms with Gasteiger partial charge in [-0.25, -0.2) is 0 Å². The molecule has 0 amide bonds. The predicted molar refractivity (Wildman–Crippen MR) is 47.1 cm³/mol. The molecule has 62 valence electrons. The minimum absolute atomic E-state index is 0.620. The Labute approximate surface area is 68.7 Å². The second kappa shape index (κ2) is 2.62. The monoisotopic (exact) mass is 151 g/mol. The van der Waals surface area contributed by atoms with Crippen molar-refractivity contribution < 1.29 is 0 Å². The average Bonchev–Trinajstić information content (AvgIpc) is 2.34. The first-order valence-corrected chi connectivity index (χ1v) is 4.87. The van der Waals surface area contributed by atoms with Crippen molar-refractivity contribution >= 4 is 5.71 Å². The molecule has 2 saturated carbocycles. The smallest absolute Gasteiger partial charge is 0.00949 e. The third-order valence-corrected chi connectivity index (χ3v) is 3.46. The summed E-state index contributed by atoms with van der Waals surface area (Å²) in [5.41, 5.74) is 1.64. The molecule has 0 aromatic heterocycles. The van der Waals surface area contributed by atoms with Crippen LogP contribution in [-0.4, -0.2) is 5.71 Å². The zero-order valence-corrected chi connectivity index (χ0v) is 7.16. The molecule has 2 rings (SSSR count). The molecular formula is C10H17N. The summed E-state index contributed by atoms with van der Waals surface area (Å²) in [6, 6.07) is 0. The number of rotatable bonds is 0. The molecule has 0 bridgehead atoms. The Morgan fingerprint density at radius 2 is 1.73 bits per heavy atom. The third-order valence-electron chi connectivity index (χ3n) is 3.46. The highest BCUT2D eigenvalue weighted by Crippen LogP contribution is 2.47. The van der Waals surface area contributed by atoms with Gasteiger partial charge in [0.25, 0.3) is 0 Å². The van der Waals surface area contributed by atoms with Gasteiger partial charge >= 0.3 is 0 Å². The van der Waals surface area contributed by atoms with Crippen molar-refractivity contribution in [3.05, 3.63) is 0 Å². The van der Waals surface area contributed by atoms with Gasteiger partial charge in [0.2, 0.25) is 0 Å². The van der Waals surface area contributed by atoms with E-state index >= 15 is 0 Å². The van der Waals surface area contributed by atoms with E-state index in [2.05, 4.69) is 0 Å². The molecule has 0 heterocycles. The molecule has 0 saturated heterocycles. The van der Waals surface area contributed by atoms with Gasteiger partial charge in [-0.3, -0.25) is 0 Å². The SMILES string of the molecule is N=C1CCC2(CCCCC2)C1. The molecule has 0 radical (unpaired) electrons. The largest absolute Gasteiger partial charge is 0.310 e. The van der Waals surface area contributed by atoms with Crippen LogP contribution in [0.15, 0.2) is 0 Å². The highest BCUT2D eigenvalue weighted by Gasteiger charge is 2.36.